The number of nitrogens with one attached hydrogen (secondary N) is 1. The number of carbonyl (C=O) groups is 1. The second-order valence-corrected chi connectivity index (χ2v) is 6.15. The summed E-state index contributed by atoms with van der Waals surface area (Å²) in [5.41, 5.74) is 3.13. The summed E-state index contributed by atoms with van der Waals surface area (Å²) in [5, 5.41) is 2.16. The van der Waals surface area contributed by atoms with E-state index in [1.165, 1.54) is 25.7 Å². The van der Waals surface area contributed by atoms with Crippen molar-refractivity contribution >= 4 is 6.03 Å². The van der Waals surface area contributed by atoms with Crippen LogP contribution in [0.1, 0.15) is 52.9 Å². The minimum Gasteiger partial charge on any atom is -0.323 e. The molecule has 2 saturated heterocycles. The predicted octanol–water partition coefficient (Wildman–Crippen LogP) is 2.61. The first-order valence-corrected chi connectivity index (χ1v) is 7.42. The molecule has 3 unspecified atom stereocenters. The summed E-state index contributed by atoms with van der Waals surface area (Å²) < 4.78 is 0. The van der Waals surface area contributed by atoms with Crippen LogP contribution in [0, 0.1) is 5.92 Å². The lowest BCUT2D eigenvalue weighted by atomic mass is 10.00. The first-order valence-electron chi connectivity index (χ1n) is 7.42. The Balaban J connectivity index is 1.89. The van der Waals surface area contributed by atoms with Gasteiger partial charge in [0.25, 0.3) is 0 Å². The van der Waals surface area contributed by atoms with E-state index in [0.717, 1.165) is 19.5 Å². The molecule has 3 atom stereocenters. The Morgan fingerprint density at radius 2 is 1.72 bits per heavy atom. The fraction of sp³-hybridized carbons (Fsp3) is 0.929. The number of piperidine rings is 2. The van der Waals surface area contributed by atoms with Gasteiger partial charge in [0.2, 0.25) is 0 Å². The van der Waals surface area contributed by atoms with Gasteiger partial charge in [0.1, 0.15) is 0 Å². The lowest BCUT2D eigenvalue weighted by Crippen LogP contribution is -2.58. The molecule has 0 aliphatic carbocycles. The standard InChI is InChI=1S/C14H27N3O/c1-11-6-5-9-16(10-11)14(18)15-17-12(2)7-4-8-13(17)3/h11-13H,4-10H2,1-3H3,(H,15,18). The molecule has 2 amide bonds. The molecule has 0 aromatic carbocycles. The number of hydrogen-bond donors (Lipinski definition) is 1. The fourth-order valence-electron chi connectivity index (χ4n) is 3.20. The lowest BCUT2D eigenvalue weighted by molar-refractivity contribution is 0.0468. The Kier molecular flexibility index (Phi) is 4.49. The van der Waals surface area contributed by atoms with Crippen LogP contribution in [0.3, 0.4) is 0 Å². The van der Waals surface area contributed by atoms with Crippen molar-refractivity contribution in [2.45, 2.75) is 65.0 Å². The summed E-state index contributed by atoms with van der Waals surface area (Å²) in [7, 11) is 0. The van der Waals surface area contributed by atoms with Gasteiger partial charge in [-0.1, -0.05) is 13.3 Å². The molecule has 18 heavy (non-hydrogen) atoms. The Morgan fingerprint density at radius 3 is 2.33 bits per heavy atom. The van der Waals surface area contributed by atoms with Gasteiger partial charge < -0.3 is 4.90 Å². The number of amides is 2. The van der Waals surface area contributed by atoms with E-state index < -0.39 is 0 Å². The zero-order valence-corrected chi connectivity index (χ0v) is 12.0. The summed E-state index contributed by atoms with van der Waals surface area (Å²) in [4.78, 5) is 14.3. The number of likely N-dealkylation sites (tertiary alicyclic amines) is 1. The van der Waals surface area contributed by atoms with E-state index in [9.17, 15) is 4.79 Å². The molecule has 0 spiro atoms. The third kappa shape index (κ3) is 3.16. The van der Waals surface area contributed by atoms with Crippen LogP contribution in [0.5, 0.6) is 0 Å². The summed E-state index contributed by atoms with van der Waals surface area (Å²) in [6.07, 6.45) is 6.03. The van der Waals surface area contributed by atoms with Crippen LogP contribution < -0.4 is 5.43 Å². The fourth-order valence-corrected chi connectivity index (χ4v) is 3.20. The third-order valence-corrected chi connectivity index (χ3v) is 4.36. The molecule has 2 rings (SSSR count). The van der Waals surface area contributed by atoms with Crippen LogP contribution in [-0.2, 0) is 0 Å². The van der Waals surface area contributed by atoms with Crippen molar-refractivity contribution in [2.24, 2.45) is 5.92 Å². The molecule has 0 radical (unpaired) electrons. The van der Waals surface area contributed by atoms with Crippen molar-refractivity contribution in [3.05, 3.63) is 0 Å². The maximum Gasteiger partial charge on any atom is 0.331 e. The van der Waals surface area contributed by atoms with Crippen molar-refractivity contribution in [3.63, 3.8) is 0 Å². The van der Waals surface area contributed by atoms with Gasteiger partial charge in [-0.25, -0.2) is 9.80 Å². The highest BCUT2D eigenvalue weighted by atomic mass is 16.2. The van der Waals surface area contributed by atoms with Crippen LogP contribution >= 0.6 is 0 Å². The van der Waals surface area contributed by atoms with E-state index in [0.29, 0.717) is 18.0 Å². The summed E-state index contributed by atoms with van der Waals surface area (Å²) >= 11 is 0. The van der Waals surface area contributed by atoms with E-state index in [-0.39, 0.29) is 6.03 Å². The number of carbonyl (C=O) groups excluding carboxylic acids is 1. The molecule has 0 aromatic heterocycles. The normalized spacial score (nSPS) is 34.4. The molecule has 2 aliphatic heterocycles. The highest BCUT2D eigenvalue weighted by Crippen LogP contribution is 2.21. The molecule has 4 heteroatoms. The molecule has 1 N–H and O–H groups in total. The minimum absolute atomic E-state index is 0.0992. The van der Waals surface area contributed by atoms with Crippen molar-refractivity contribution in [2.75, 3.05) is 13.1 Å². The molecule has 104 valence electrons. The van der Waals surface area contributed by atoms with Crippen LogP contribution in [-0.4, -0.2) is 41.1 Å². The van der Waals surface area contributed by atoms with Gasteiger partial charge in [0, 0.05) is 25.2 Å². The van der Waals surface area contributed by atoms with Gasteiger partial charge in [-0.15, -0.1) is 0 Å². The Bertz CT molecular complexity index is 285. The average molecular weight is 253 g/mol. The van der Waals surface area contributed by atoms with Gasteiger partial charge in [-0.3, -0.25) is 5.43 Å². The minimum atomic E-state index is 0.0992. The maximum absolute atomic E-state index is 12.3. The van der Waals surface area contributed by atoms with E-state index >= 15 is 0 Å². The van der Waals surface area contributed by atoms with Gasteiger partial charge in [-0.2, -0.15) is 0 Å². The Labute approximate surface area is 111 Å². The highest BCUT2D eigenvalue weighted by molar-refractivity contribution is 5.73. The van der Waals surface area contributed by atoms with Gasteiger partial charge in [-0.05, 0) is 45.4 Å². The molecule has 0 aromatic rings. The van der Waals surface area contributed by atoms with E-state index in [1.807, 2.05) is 4.90 Å². The quantitative estimate of drug-likeness (QED) is 0.779. The summed E-state index contributed by atoms with van der Waals surface area (Å²) in [6.45, 7) is 8.45. The summed E-state index contributed by atoms with van der Waals surface area (Å²) in [6, 6.07) is 1.02. The molecule has 2 heterocycles. The number of hydrogen-bond acceptors (Lipinski definition) is 2. The van der Waals surface area contributed by atoms with Crippen LogP contribution in [0.25, 0.3) is 0 Å². The first kappa shape index (κ1) is 13.7. The van der Waals surface area contributed by atoms with Gasteiger partial charge >= 0.3 is 6.03 Å². The van der Waals surface area contributed by atoms with Crippen LogP contribution in [0.15, 0.2) is 0 Å². The zero-order chi connectivity index (χ0) is 13.1. The van der Waals surface area contributed by atoms with Crippen molar-refractivity contribution in [3.8, 4) is 0 Å². The lowest BCUT2D eigenvalue weighted by Gasteiger charge is -2.41. The van der Waals surface area contributed by atoms with Crippen LogP contribution in [0.4, 0.5) is 4.79 Å². The first-order chi connectivity index (χ1) is 8.58. The number of nitrogens with zero attached hydrogens (tertiary/aromatic N) is 2. The molecule has 2 aliphatic rings. The number of rotatable bonds is 1. The smallest absolute Gasteiger partial charge is 0.323 e. The number of hydrazine groups is 1. The SMILES string of the molecule is CC1CCCN(C(=O)NN2C(C)CCCC2C)C1. The van der Waals surface area contributed by atoms with E-state index in [4.69, 9.17) is 0 Å². The van der Waals surface area contributed by atoms with Gasteiger partial charge in [0.05, 0.1) is 0 Å². The topological polar surface area (TPSA) is 35.6 Å². The Hall–Kier alpha value is -0.770. The Morgan fingerprint density at radius 1 is 1.06 bits per heavy atom. The maximum atomic E-state index is 12.3. The second-order valence-electron chi connectivity index (χ2n) is 6.15. The third-order valence-electron chi connectivity index (χ3n) is 4.36. The van der Waals surface area contributed by atoms with Crippen LogP contribution in [0.2, 0.25) is 0 Å². The summed E-state index contributed by atoms with van der Waals surface area (Å²) in [5.74, 6) is 0.640. The van der Waals surface area contributed by atoms with E-state index in [1.54, 1.807) is 0 Å². The molecule has 2 fully saturated rings. The van der Waals surface area contributed by atoms with Crippen molar-refractivity contribution < 1.29 is 4.79 Å². The molecule has 0 bridgehead atoms. The zero-order valence-electron chi connectivity index (χ0n) is 12.0. The molecular formula is C14H27N3O. The second kappa shape index (κ2) is 5.91. The van der Waals surface area contributed by atoms with E-state index in [2.05, 4.69) is 31.2 Å². The van der Waals surface area contributed by atoms with Crippen molar-refractivity contribution in [1.29, 1.82) is 0 Å². The highest BCUT2D eigenvalue weighted by Gasteiger charge is 2.28. The molecule has 4 nitrogen and oxygen atoms in total. The largest absolute Gasteiger partial charge is 0.331 e. The number of urea groups is 1. The van der Waals surface area contributed by atoms with Gasteiger partial charge in [0.15, 0.2) is 0 Å². The molecular weight excluding hydrogens is 226 g/mol. The monoisotopic (exact) mass is 253 g/mol. The molecule has 0 saturated carbocycles. The predicted molar refractivity (Wildman–Crippen MR) is 73.1 cm³/mol. The average Bonchev–Trinajstić information content (AvgIpc) is 2.34. The van der Waals surface area contributed by atoms with Crippen molar-refractivity contribution in [1.82, 2.24) is 15.3 Å².